The molecule has 1 N–H and O–H groups in total. The number of nitrogens with one attached hydrogen (secondary N) is 1. The second-order valence-corrected chi connectivity index (χ2v) is 7.01. The van der Waals surface area contributed by atoms with Crippen LogP contribution in [0.15, 0.2) is 24.3 Å². The Bertz CT molecular complexity index is 339. The van der Waals surface area contributed by atoms with Gasteiger partial charge in [0.2, 0.25) is 0 Å². The van der Waals surface area contributed by atoms with Crippen molar-refractivity contribution in [1.29, 1.82) is 0 Å². The van der Waals surface area contributed by atoms with Gasteiger partial charge < -0.3 is 5.32 Å². The zero-order valence-corrected chi connectivity index (χ0v) is 13.3. The lowest BCUT2D eigenvalue weighted by Crippen LogP contribution is -2.36. The van der Waals surface area contributed by atoms with Gasteiger partial charge in [-0.3, -0.25) is 0 Å². The maximum atomic E-state index is 3.69. The zero-order valence-electron chi connectivity index (χ0n) is 10.3. The van der Waals surface area contributed by atoms with Crippen LogP contribution in [-0.4, -0.2) is 24.1 Å². The van der Waals surface area contributed by atoms with Crippen LogP contribution >= 0.6 is 34.4 Å². The Morgan fingerprint density at radius 3 is 2.76 bits per heavy atom. The van der Waals surface area contributed by atoms with Crippen LogP contribution in [0.2, 0.25) is 0 Å². The van der Waals surface area contributed by atoms with Crippen LogP contribution in [0, 0.1) is 9.49 Å². The van der Waals surface area contributed by atoms with E-state index in [1.165, 1.54) is 33.5 Å². The molecule has 17 heavy (non-hydrogen) atoms. The molecule has 94 valence electrons. The first-order chi connectivity index (χ1) is 8.29. The van der Waals surface area contributed by atoms with E-state index in [-0.39, 0.29) is 0 Å². The third-order valence-corrected chi connectivity index (χ3v) is 5.24. The molecule has 0 amide bonds. The van der Waals surface area contributed by atoms with Crippen LogP contribution in [-0.2, 0) is 6.42 Å². The van der Waals surface area contributed by atoms with E-state index >= 15 is 0 Å². The molecule has 3 heteroatoms. The van der Waals surface area contributed by atoms with Gasteiger partial charge in [0.15, 0.2) is 0 Å². The molecule has 2 rings (SSSR count). The van der Waals surface area contributed by atoms with Crippen molar-refractivity contribution in [3.8, 4) is 0 Å². The Morgan fingerprint density at radius 1 is 1.29 bits per heavy atom. The van der Waals surface area contributed by atoms with Crippen molar-refractivity contribution in [2.75, 3.05) is 18.1 Å². The molecule has 1 aromatic rings. The number of thioether (sulfide) groups is 1. The lowest BCUT2D eigenvalue weighted by atomic mass is 9.95. The SMILES string of the molecule is CCCNC1CSCC1Cc1ccc(I)cc1. The van der Waals surface area contributed by atoms with Crippen LogP contribution in [0.5, 0.6) is 0 Å². The molecule has 0 aromatic heterocycles. The molecule has 1 saturated heterocycles. The standard InChI is InChI=1S/C14H20INS/c1-2-7-16-14-10-17-9-12(14)8-11-3-5-13(15)6-4-11/h3-6,12,14,16H,2,7-10H2,1H3. The van der Waals surface area contributed by atoms with Crippen LogP contribution in [0.3, 0.4) is 0 Å². The number of hydrogen-bond acceptors (Lipinski definition) is 2. The molecule has 0 spiro atoms. The first kappa shape index (κ1) is 13.7. The monoisotopic (exact) mass is 361 g/mol. The van der Waals surface area contributed by atoms with Crippen molar-refractivity contribution in [3.63, 3.8) is 0 Å². The third-order valence-electron chi connectivity index (χ3n) is 3.27. The molecule has 0 radical (unpaired) electrons. The minimum Gasteiger partial charge on any atom is -0.313 e. The minimum atomic E-state index is 0.722. The summed E-state index contributed by atoms with van der Waals surface area (Å²) < 4.78 is 1.33. The summed E-state index contributed by atoms with van der Waals surface area (Å²) in [6.45, 7) is 3.40. The maximum Gasteiger partial charge on any atom is 0.0197 e. The topological polar surface area (TPSA) is 12.0 Å². The van der Waals surface area contributed by atoms with Crippen molar-refractivity contribution in [2.45, 2.75) is 25.8 Å². The van der Waals surface area contributed by atoms with Gasteiger partial charge in [-0.15, -0.1) is 0 Å². The minimum absolute atomic E-state index is 0.722. The highest BCUT2D eigenvalue weighted by molar-refractivity contribution is 14.1. The third kappa shape index (κ3) is 4.14. The average Bonchev–Trinajstić information content (AvgIpc) is 2.77. The lowest BCUT2D eigenvalue weighted by Gasteiger charge is -2.20. The van der Waals surface area contributed by atoms with Gasteiger partial charge in [0.05, 0.1) is 0 Å². The average molecular weight is 361 g/mol. The largest absolute Gasteiger partial charge is 0.313 e. The van der Waals surface area contributed by atoms with Gasteiger partial charge in [-0.1, -0.05) is 19.1 Å². The fraction of sp³-hybridized carbons (Fsp3) is 0.571. The molecule has 1 heterocycles. The van der Waals surface area contributed by atoms with E-state index in [0.717, 1.165) is 18.5 Å². The van der Waals surface area contributed by atoms with Crippen molar-refractivity contribution in [2.24, 2.45) is 5.92 Å². The van der Waals surface area contributed by atoms with Gasteiger partial charge in [-0.05, 0) is 71.3 Å². The molecule has 1 nitrogen and oxygen atoms in total. The number of benzene rings is 1. The smallest absolute Gasteiger partial charge is 0.0197 e. The van der Waals surface area contributed by atoms with E-state index in [9.17, 15) is 0 Å². The Balaban J connectivity index is 1.90. The molecule has 0 saturated carbocycles. The molecule has 1 fully saturated rings. The van der Waals surface area contributed by atoms with Crippen molar-refractivity contribution < 1.29 is 0 Å². The zero-order chi connectivity index (χ0) is 12.1. The maximum absolute atomic E-state index is 3.69. The molecular formula is C14H20INS. The Kier molecular flexibility index (Phi) is 5.63. The normalized spacial score (nSPS) is 24.1. The predicted molar refractivity (Wildman–Crippen MR) is 85.8 cm³/mol. The molecule has 1 aromatic carbocycles. The van der Waals surface area contributed by atoms with E-state index in [1.54, 1.807) is 0 Å². The lowest BCUT2D eigenvalue weighted by molar-refractivity contribution is 0.425. The highest BCUT2D eigenvalue weighted by atomic mass is 127. The summed E-state index contributed by atoms with van der Waals surface area (Å²) in [5.41, 5.74) is 1.49. The number of hydrogen-bond donors (Lipinski definition) is 1. The van der Waals surface area contributed by atoms with Crippen LogP contribution < -0.4 is 5.32 Å². The fourth-order valence-corrected chi connectivity index (χ4v) is 4.07. The van der Waals surface area contributed by atoms with Crippen molar-refractivity contribution >= 4 is 34.4 Å². The number of rotatable bonds is 5. The summed E-state index contributed by atoms with van der Waals surface area (Å²) in [5, 5.41) is 3.69. The molecule has 2 unspecified atom stereocenters. The molecule has 2 atom stereocenters. The Labute approximate surface area is 122 Å². The summed E-state index contributed by atoms with van der Waals surface area (Å²) in [6.07, 6.45) is 2.46. The van der Waals surface area contributed by atoms with Gasteiger partial charge in [0, 0.05) is 15.4 Å². The van der Waals surface area contributed by atoms with Gasteiger partial charge in [-0.2, -0.15) is 11.8 Å². The predicted octanol–water partition coefficient (Wildman–Crippen LogP) is 3.56. The first-order valence-corrected chi connectivity index (χ1v) is 8.58. The molecule has 0 aliphatic carbocycles. The highest BCUT2D eigenvalue weighted by Crippen LogP contribution is 2.27. The molecule has 1 aliphatic rings. The first-order valence-electron chi connectivity index (χ1n) is 6.35. The molecule has 0 bridgehead atoms. The second kappa shape index (κ2) is 7.00. The molecule has 1 aliphatic heterocycles. The van der Waals surface area contributed by atoms with E-state index in [0.29, 0.717) is 0 Å². The summed E-state index contributed by atoms with van der Waals surface area (Å²) >= 11 is 4.47. The van der Waals surface area contributed by atoms with E-state index in [2.05, 4.69) is 70.9 Å². The van der Waals surface area contributed by atoms with Crippen molar-refractivity contribution in [1.82, 2.24) is 5.32 Å². The highest BCUT2D eigenvalue weighted by Gasteiger charge is 2.26. The van der Waals surface area contributed by atoms with Gasteiger partial charge in [-0.25, -0.2) is 0 Å². The number of halogens is 1. The summed E-state index contributed by atoms with van der Waals surface area (Å²) in [6, 6.07) is 9.71. The van der Waals surface area contributed by atoms with E-state index in [4.69, 9.17) is 0 Å². The van der Waals surface area contributed by atoms with Gasteiger partial charge in [0.25, 0.3) is 0 Å². The fourth-order valence-electron chi connectivity index (χ4n) is 2.28. The molecular weight excluding hydrogens is 341 g/mol. The Hall–Kier alpha value is 0.260. The van der Waals surface area contributed by atoms with Crippen LogP contribution in [0.4, 0.5) is 0 Å². The van der Waals surface area contributed by atoms with Gasteiger partial charge >= 0.3 is 0 Å². The summed E-state index contributed by atoms with van der Waals surface area (Å²) in [7, 11) is 0. The van der Waals surface area contributed by atoms with Crippen molar-refractivity contribution in [3.05, 3.63) is 33.4 Å². The van der Waals surface area contributed by atoms with Crippen LogP contribution in [0.1, 0.15) is 18.9 Å². The van der Waals surface area contributed by atoms with Crippen LogP contribution in [0.25, 0.3) is 0 Å². The van der Waals surface area contributed by atoms with E-state index in [1.807, 2.05) is 0 Å². The summed E-state index contributed by atoms with van der Waals surface area (Å²) in [4.78, 5) is 0. The Morgan fingerprint density at radius 2 is 2.06 bits per heavy atom. The quantitative estimate of drug-likeness (QED) is 0.805. The van der Waals surface area contributed by atoms with Gasteiger partial charge in [0.1, 0.15) is 0 Å². The van der Waals surface area contributed by atoms with E-state index < -0.39 is 0 Å². The summed E-state index contributed by atoms with van der Waals surface area (Å²) in [5.74, 6) is 3.41. The second-order valence-electron chi connectivity index (χ2n) is 4.69.